The zero-order chi connectivity index (χ0) is 23.0. The van der Waals surface area contributed by atoms with Crippen LogP contribution >= 0.6 is 22.9 Å². The van der Waals surface area contributed by atoms with Gasteiger partial charge in [-0.15, -0.1) is 11.3 Å². The van der Waals surface area contributed by atoms with E-state index < -0.39 is 0 Å². The Hall–Kier alpha value is -1.34. The highest BCUT2D eigenvalue weighted by Crippen LogP contribution is 2.34. The van der Waals surface area contributed by atoms with E-state index >= 15 is 0 Å². The summed E-state index contributed by atoms with van der Waals surface area (Å²) in [5, 5.41) is 11.0. The molecule has 3 rings (SSSR count). The maximum atomic E-state index is 8.94. The fourth-order valence-electron chi connectivity index (χ4n) is 3.14. The second kappa shape index (κ2) is 16.4. The fourth-order valence-corrected chi connectivity index (χ4v) is 4.03. The second-order valence-electron chi connectivity index (χ2n) is 7.47. The molecule has 0 spiro atoms. The lowest BCUT2D eigenvalue weighted by Gasteiger charge is -2.38. The standard InChI is InChI=1S/C19H21ClN2S.C3H8.2C2H6/c1-19(6-9-21)7-10-22(11-8-19)13-15-2-4-16(5-3-15)17-12-18(20)23-14-17;1-3-2;2*1-2/h2-5,12,14H,6-8,10-11,13H2,1H3;3H2,1-2H3;2*1-2H3. The first-order valence-corrected chi connectivity index (χ1v) is 12.7. The van der Waals surface area contributed by atoms with E-state index in [2.05, 4.69) is 61.4 Å². The summed E-state index contributed by atoms with van der Waals surface area (Å²) in [6, 6.07) is 13.1. The fraction of sp³-hybridized carbons (Fsp3) is 0.577. The van der Waals surface area contributed by atoms with Gasteiger partial charge in [0, 0.05) is 18.3 Å². The third-order valence-corrected chi connectivity index (χ3v) is 5.92. The number of halogens is 1. The van der Waals surface area contributed by atoms with Crippen LogP contribution in [-0.4, -0.2) is 18.0 Å². The Morgan fingerprint density at radius 3 is 2.00 bits per heavy atom. The quantitative estimate of drug-likeness (QED) is 0.466. The van der Waals surface area contributed by atoms with E-state index in [0.717, 1.165) is 36.8 Å². The topological polar surface area (TPSA) is 27.0 Å². The highest BCUT2D eigenvalue weighted by atomic mass is 35.5. The van der Waals surface area contributed by atoms with Gasteiger partial charge >= 0.3 is 0 Å². The Morgan fingerprint density at radius 1 is 1.03 bits per heavy atom. The van der Waals surface area contributed by atoms with E-state index in [4.69, 9.17) is 16.9 Å². The van der Waals surface area contributed by atoms with Crippen LogP contribution in [0.25, 0.3) is 11.1 Å². The van der Waals surface area contributed by atoms with Crippen molar-refractivity contribution >= 4 is 22.9 Å². The first kappa shape index (κ1) is 28.7. The lowest BCUT2D eigenvalue weighted by atomic mass is 9.78. The number of piperidine rings is 1. The predicted molar refractivity (Wildman–Crippen MR) is 136 cm³/mol. The SMILES string of the molecule is CC.CC.CC1(CC#N)CCN(Cc2ccc(-c3csc(Cl)c3)cc2)CC1.CCC. The Balaban J connectivity index is 0.00000108. The van der Waals surface area contributed by atoms with E-state index in [1.165, 1.54) is 23.1 Å². The minimum Gasteiger partial charge on any atom is -0.299 e. The number of likely N-dealkylation sites (tertiary alicyclic amines) is 1. The summed E-state index contributed by atoms with van der Waals surface area (Å²) in [5.74, 6) is 0. The van der Waals surface area contributed by atoms with Gasteiger partial charge in [0.15, 0.2) is 0 Å². The molecule has 1 aromatic heterocycles. The van der Waals surface area contributed by atoms with E-state index in [-0.39, 0.29) is 5.41 Å². The summed E-state index contributed by atoms with van der Waals surface area (Å²) in [5.41, 5.74) is 3.97. The maximum absolute atomic E-state index is 8.94. The van der Waals surface area contributed by atoms with E-state index in [0.29, 0.717) is 6.42 Å². The van der Waals surface area contributed by atoms with Crippen molar-refractivity contribution in [3.63, 3.8) is 0 Å². The third-order valence-electron chi connectivity index (χ3n) is 4.83. The van der Waals surface area contributed by atoms with Gasteiger partial charge in [0.1, 0.15) is 0 Å². The van der Waals surface area contributed by atoms with Gasteiger partial charge < -0.3 is 0 Å². The molecule has 0 amide bonds. The molecule has 4 heteroatoms. The molecule has 1 aliphatic heterocycles. The summed E-state index contributed by atoms with van der Waals surface area (Å²) in [6.07, 6.45) is 4.16. The normalized spacial score (nSPS) is 14.6. The molecule has 2 aromatic rings. The molecule has 0 saturated carbocycles. The largest absolute Gasteiger partial charge is 0.299 e. The van der Waals surface area contributed by atoms with Crippen LogP contribution in [0.15, 0.2) is 35.7 Å². The Morgan fingerprint density at radius 2 is 1.57 bits per heavy atom. The molecular formula is C26H41ClN2S. The van der Waals surface area contributed by atoms with Gasteiger partial charge in [-0.25, -0.2) is 0 Å². The van der Waals surface area contributed by atoms with Crippen molar-refractivity contribution in [2.45, 2.75) is 80.7 Å². The molecule has 2 heterocycles. The molecule has 0 atom stereocenters. The third kappa shape index (κ3) is 10.1. The minimum absolute atomic E-state index is 0.216. The van der Waals surface area contributed by atoms with Crippen LogP contribution < -0.4 is 0 Å². The van der Waals surface area contributed by atoms with Gasteiger partial charge in [-0.3, -0.25) is 4.90 Å². The summed E-state index contributed by atoms with van der Waals surface area (Å²) in [6.45, 7) is 17.7. The molecule has 1 aromatic carbocycles. The Kier molecular flexibility index (Phi) is 15.6. The Labute approximate surface area is 194 Å². The smallest absolute Gasteiger partial charge is 0.0934 e. The first-order chi connectivity index (χ1) is 14.5. The highest BCUT2D eigenvalue weighted by molar-refractivity contribution is 7.14. The number of nitrogens with zero attached hydrogens (tertiary/aromatic N) is 2. The van der Waals surface area contributed by atoms with Crippen LogP contribution in [0.5, 0.6) is 0 Å². The van der Waals surface area contributed by atoms with Crippen molar-refractivity contribution in [2.75, 3.05) is 13.1 Å². The number of rotatable bonds is 4. The van der Waals surface area contributed by atoms with Crippen molar-refractivity contribution in [1.82, 2.24) is 4.90 Å². The van der Waals surface area contributed by atoms with Gasteiger partial charge in [-0.05, 0) is 54.1 Å². The second-order valence-corrected chi connectivity index (χ2v) is 9.01. The molecular weight excluding hydrogens is 408 g/mol. The van der Waals surface area contributed by atoms with Gasteiger partial charge in [0.05, 0.1) is 10.4 Å². The number of thiophene rings is 1. The number of hydrogen-bond acceptors (Lipinski definition) is 3. The summed E-state index contributed by atoms with van der Waals surface area (Å²) >= 11 is 7.58. The van der Waals surface area contributed by atoms with Crippen LogP contribution in [-0.2, 0) is 6.54 Å². The van der Waals surface area contributed by atoms with E-state index in [9.17, 15) is 0 Å². The molecule has 168 valence electrons. The minimum atomic E-state index is 0.216. The van der Waals surface area contributed by atoms with Gasteiger partial charge in [-0.1, -0.05) is 90.8 Å². The van der Waals surface area contributed by atoms with Crippen LogP contribution in [0.3, 0.4) is 0 Å². The summed E-state index contributed by atoms with van der Waals surface area (Å²) < 4.78 is 0.831. The average molecular weight is 449 g/mol. The molecule has 0 bridgehead atoms. The molecule has 1 saturated heterocycles. The molecule has 1 aliphatic rings. The van der Waals surface area contributed by atoms with Crippen LogP contribution in [0.2, 0.25) is 4.34 Å². The lowest BCUT2D eigenvalue weighted by molar-refractivity contribution is 0.116. The molecule has 0 unspecified atom stereocenters. The number of benzene rings is 1. The van der Waals surface area contributed by atoms with Crippen molar-refractivity contribution < 1.29 is 0 Å². The van der Waals surface area contributed by atoms with Crippen LogP contribution in [0, 0.1) is 16.7 Å². The number of nitriles is 1. The van der Waals surface area contributed by atoms with E-state index in [1.54, 1.807) is 11.3 Å². The predicted octanol–water partition coefficient (Wildman–Crippen LogP) is 9.05. The molecule has 30 heavy (non-hydrogen) atoms. The zero-order valence-corrected chi connectivity index (χ0v) is 21.7. The molecule has 1 fully saturated rings. The zero-order valence-electron chi connectivity index (χ0n) is 20.1. The summed E-state index contributed by atoms with van der Waals surface area (Å²) in [7, 11) is 0. The van der Waals surface area contributed by atoms with Gasteiger partial charge in [0.2, 0.25) is 0 Å². The molecule has 0 aliphatic carbocycles. The van der Waals surface area contributed by atoms with Gasteiger partial charge in [-0.2, -0.15) is 5.26 Å². The first-order valence-electron chi connectivity index (χ1n) is 11.4. The summed E-state index contributed by atoms with van der Waals surface area (Å²) in [4.78, 5) is 2.50. The Bertz CT molecular complexity index is 707. The monoisotopic (exact) mass is 448 g/mol. The van der Waals surface area contributed by atoms with Crippen molar-refractivity contribution in [3.05, 3.63) is 45.6 Å². The van der Waals surface area contributed by atoms with Crippen molar-refractivity contribution in [1.29, 1.82) is 5.26 Å². The van der Waals surface area contributed by atoms with Gasteiger partial charge in [0.25, 0.3) is 0 Å². The highest BCUT2D eigenvalue weighted by Gasteiger charge is 2.29. The molecule has 2 nitrogen and oxygen atoms in total. The van der Waals surface area contributed by atoms with Crippen LogP contribution in [0.4, 0.5) is 0 Å². The number of hydrogen-bond donors (Lipinski definition) is 0. The van der Waals surface area contributed by atoms with Crippen molar-refractivity contribution in [3.8, 4) is 17.2 Å². The van der Waals surface area contributed by atoms with Crippen LogP contribution in [0.1, 0.15) is 79.7 Å². The van der Waals surface area contributed by atoms with E-state index in [1.807, 2.05) is 33.8 Å². The maximum Gasteiger partial charge on any atom is 0.0934 e. The lowest BCUT2D eigenvalue weighted by Crippen LogP contribution is -2.38. The molecule has 0 N–H and O–H groups in total. The van der Waals surface area contributed by atoms with Crippen molar-refractivity contribution in [2.24, 2.45) is 5.41 Å². The molecule has 0 radical (unpaired) electrons. The average Bonchev–Trinajstić information content (AvgIpc) is 3.20.